The molecule has 0 aliphatic carbocycles. The highest BCUT2D eigenvalue weighted by atomic mass is 32.2. The molecule has 0 fully saturated rings. The maximum absolute atomic E-state index is 12.6. The van der Waals surface area contributed by atoms with Crippen molar-refractivity contribution in [2.75, 3.05) is 6.26 Å². The van der Waals surface area contributed by atoms with Gasteiger partial charge in [0.25, 0.3) is 11.5 Å². The van der Waals surface area contributed by atoms with Gasteiger partial charge >= 0.3 is 6.18 Å². The third-order valence-corrected chi connectivity index (χ3v) is 6.64. The van der Waals surface area contributed by atoms with Gasteiger partial charge in [0.15, 0.2) is 14.6 Å². The highest BCUT2D eigenvalue weighted by molar-refractivity contribution is 7.92. The van der Waals surface area contributed by atoms with Gasteiger partial charge in [0.2, 0.25) is 0 Å². The normalized spacial score (nSPS) is 14.3. The first-order chi connectivity index (χ1) is 13.3. The van der Waals surface area contributed by atoms with Crippen LogP contribution in [0.1, 0.15) is 19.0 Å². The molecule has 2 aromatic rings. The molecule has 0 aromatic carbocycles. The van der Waals surface area contributed by atoms with Crippen molar-refractivity contribution in [2.24, 2.45) is 0 Å². The number of sulfone groups is 1. The molecule has 2 aromatic heterocycles. The summed E-state index contributed by atoms with van der Waals surface area (Å²) in [5.74, 6) is -1.12. The summed E-state index contributed by atoms with van der Waals surface area (Å²) in [5, 5.41) is 8.81. The number of carbonyl (C=O) groups excluding carboxylic acids is 1. The molecule has 158 valence electrons. The number of aromatic nitrogens is 2. The minimum absolute atomic E-state index is 0.151. The lowest BCUT2D eigenvalue weighted by Crippen LogP contribution is -2.49. The lowest BCUT2D eigenvalue weighted by atomic mass is 10.1. The van der Waals surface area contributed by atoms with Crippen LogP contribution in [0.3, 0.4) is 0 Å². The Morgan fingerprint density at radius 3 is 2.34 bits per heavy atom. The van der Waals surface area contributed by atoms with E-state index in [-0.39, 0.29) is 13.0 Å². The van der Waals surface area contributed by atoms with Gasteiger partial charge in [-0.3, -0.25) is 19.8 Å². The summed E-state index contributed by atoms with van der Waals surface area (Å²) in [7, 11) is -3.91. The first-order valence-electron chi connectivity index (χ1n) is 8.18. The minimum atomic E-state index is -4.57. The lowest BCUT2D eigenvalue weighted by Gasteiger charge is -2.25. The maximum atomic E-state index is 12.6. The van der Waals surface area contributed by atoms with Gasteiger partial charge in [0.1, 0.15) is 5.69 Å². The third kappa shape index (κ3) is 4.82. The van der Waals surface area contributed by atoms with E-state index in [1.807, 2.05) is 0 Å². The van der Waals surface area contributed by atoms with Crippen LogP contribution in [0.15, 0.2) is 41.5 Å². The van der Waals surface area contributed by atoms with Gasteiger partial charge in [0, 0.05) is 36.8 Å². The topological polar surface area (TPSA) is 118 Å². The van der Waals surface area contributed by atoms with E-state index in [2.05, 4.69) is 4.98 Å². The summed E-state index contributed by atoms with van der Waals surface area (Å²) in [6.45, 7) is 0.975. The van der Waals surface area contributed by atoms with Gasteiger partial charge in [0.05, 0.1) is 0 Å². The molecule has 2 rings (SSSR count). The Hall–Kier alpha value is -2.73. The molecule has 1 amide bonds. The number of nitrogens with zero attached hydrogens (tertiary/aromatic N) is 2. The second kappa shape index (κ2) is 7.95. The molecule has 0 saturated heterocycles. The van der Waals surface area contributed by atoms with Gasteiger partial charge in [-0.05, 0) is 31.0 Å². The first-order valence-corrected chi connectivity index (χ1v) is 10.1. The molecule has 29 heavy (non-hydrogen) atoms. The molecule has 1 atom stereocenters. The summed E-state index contributed by atoms with van der Waals surface area (Å²) >= 11 is 0. The Morgan fingerprint density at radius 2 is 1.90 bits per heavy atom. The molecule has 12 heteroatoms. The average molecular weight is 433 g/mol. The van der Waals surface area contributed by atoms with Crippen LogP contribution in [0.2, 0.25) is 0 Å². The zero-order chi connectivity index (χ0) is 22.0. The van der Waals surface area contributed by atoms with Crippen LogP contribution in [-0.4, -0.2) is 40.1 Å². The predicted molar refractivity (Wildman–Crippen MR) is 96.7 cm³/mol. The Bertz CT molecular complexity index is 1060. The van der Waals surface area contributed by atoms with E-state index >= 15 is 0 Å². The van der Waals surface area contributed by atoms with Crippen LogP contribution < -0.4 is 11.0 Å². The summed E-state index contributed by atoms with van der Waals surface area (Å²) in [6, 6.07) is 4.59. The van der Waals surface area contributed by atoms with Crippen LogP contribution >= 0.6 is 0 Å². The van der Waals surface area contributed by atoms with E-state index < -0.39 is 37.9 Å². The second-order valence-electron chi connectivity index (χ2n) is 6.57. The van der Waals surface area contributed by atoms with Gasteiger partial charge < -0.3 is 4.57 Å². The molecule has 8 nitrogen and oxygen atoms in total. The monoisotopic (exact) mass is 433 g/mol. The predicted octanol–water partition coefficient (Wildman–Crippen LogP) is 1.63. The number of hydrogen-bond acceptors (Lipinski definition) is 6. The van der Waals surface area contributed by atoms with Crippen molar-refractivity contribution in [1.29, 1.82) is 0 Å². The highest BCUT2D eigenvalue weighted by Gasteiger charge is 2.43. The fraction of sp³-hybridized carbons (Fsp3) is 0.353. The average Bonchev–Trinajstić information content (AvgIpc) is 2.64. The first kappa shape index (κ1) is 22.6. The van der Waals surface area contributed by atoms with Crippen LogP contribution in [0.25, 0.3) is 11.1 Å². The number of hydrogen-bond donors (Lipinski definition) is 2. The Balaban J connectivity index is 2.26. The number of halogens is 3. The third-order valence-electron chi connectivity index (χ3n) is 4.61. The van der Waals surface area contributed by atoms with Crippen LogP contribution in [0.5, 0.6) is 0 Å². The van der Waals surface area contributed by atoms with Gasteiger partial charge in [-0.2, -0.15) is 13.2 Å². The van der Waals surface area contributed by atoms with Crippen LogP contribution in [-0.2, 0) is 27.4 Å². The van der Waals surface area contributed by atoms with Crippen molar-refractivity contribution >= 4 is 15.7 Å². The largest absolute Gasteiger partial charge is 0.433 e. The number of pyridine rings is 2. The number of nitrogens with one attached hydrogen (secondary N) is 1. The molecule has 0 unspecified atom stereocenters. The standard InChI is InChI=1S/C17H18F3N3O5S/c1-16(15(25)22-26,29(2,27)28)6-8-23-7-5-11(9-14(23)24)12-3-4-13(21-10-12)17(18,19)20/h3-5,7,9-10,26H,6,8H2,1-2H3,(H,22,25)/t16-/m1/s1. The fourth-order valence-corrected chi connectivity index (χ4v) is 3.37. The SMILES string of the molecule is C[C@@](CCn1ccc(-c2ccc(C(F)(F)F)nc2)cc1=O)(C(=O)NO)S(C)(=O)=O. The quantitative estimate of drug-likeness (QED) is 0.528. The number of hydroxylamine groups is 1. The summed E-state index contributed by atoms with van der Waals surface area (Å²) in [4.78, 5) is 27.5. The Morgan fingerprint density at radius 1 is 1.24 bits per heavy atom. The molecule has 2 heterocycles. The molecule has 2 N–H and O–H groups in total. The van der Waals surface area contributed by atoms with Crippen molar-refractivity contribution in [3.63, 3.8) is 0 Å². The molecule has 0 aliphatic rings. The highest BCUT2D eigenvalue weighted by Crippen LogP contribution is 2.28. The number of carbonyl (C=O) groups is 1. The van der Waals surface area contributed by atoms with Crippen molar-refractivity contribution in [1.82, 2.24) is 15.0 Å². The van der Waals surface area contributed by atoms with Crippen molar-refractivity contribution in [3.8, 4) is 11.1 Å². The fourth-order valence-electron chi connectivity index (χ4n) is 2.52. The maximum Gasteiger partial charge on any atom is 0.433 e. The molecule has 0 bridgehead atoms. The number of amides is 1. The molecule has 0 radical (unpaired) electrons. The van der Waals surface area contributed by atoms with Crippen molar-refractivity contribution in [3.05, 3.63) is 52.7 Å². The summed E-state index contributed by atoms with van der Waals surface area (Å²) < 4.78 is 60.8. The van der Waals surface area contributed by atoms with Crippen LogP contribution in [0.4, 0.5) is 13.2 Å². The number of rotatable bonds is 6. The second-order valence-corrected chi connectivity index (χ2v) is 9.02. The van der Waals surface area contributed by atoms with E-state index in [0.717, 1.165) is 36.1 Å². The van der Waals surface area contributed by atoms with Gasteiger partial charge in [-0.1, -0.05) is 6.07 Å². The van der Waals surface area contributed by atoms with Crippen molar-refractivity contribution < 1.29 is 31.6 Å². The minimum Gasteiger partial charge on any atom is -0.315 e. The van der Waals surface area contributed by atoms with E-state index in [1.165, 1.54) is 23.8 Å². The number of alkyl halides is 3. The smallest absolute Gasteiger partial charge is 0.315 e. The van der Waals surface area contributed by atoms with E-state index in [1.54, 1.807) is 0 Å². The lowest BCUT2D eigenvalue weighted by molar-refractivity contribution is -0.141. The van der Waals surface area contributed by atoms with E-state index in [9.17, 15) is 31.2 Å². The summed E-state index contributed by atoms with van der Waals surface area (Å²) in [6.07, 6.45) is -1.71. The molecular weight excluding hydrogens is 415 g/mol. The molecule has 0 spiro atoms. The van der Waals surface area contributed by atoms with E-state index in [4.69, 9.17) is 5.21 Å². The van der Waals surface area contributed by atoms with Crippen LogP contribution in [0, 0.1) is 0 Å². The zero-order valence-corrected chi connectivity index (χ0v) is 16.2. The Labute approximate surface area is 163 Å². The summed E-state index contributed by atoms with van der Waals surface area (Å²) in [5.41, 5.74) is 0.324. The number of aryl methyl sites for hydroxylation is 1. The Kier molecular flexibility index (Phi) is 6.18. The van der Waals surface area contributed by atoms with E-state index in [0.29, 0.717) is 11.1 Å². The molecule has 0 saturated carbocycles. The van der Waals surface area contributed by atoms with Gasteiger partial charge in [-0.25, -0.2) is 13.9 Å². The molecule has 0 aliphatic heterocycles. The molecular formula is C17H18F3N3O5S. The van der Waals surface area contributed by atoms with Gasteiger partial charge in [-0.15, -0.1) is 0 Å². The zero-order valence-electron chi connectivity index (χ0n) is 15.4. The van der Waals surface area contributed by atoms with Crippen molar-refractivity contribution in [2.45, 2.75) is 30.8 Å².